The van der Waals surface area contributed by atoms with Crippen LogP contribution in [0.25, 0.3) is 21.9 Å². The molecule has 0 unspecified atom stereocenters. The Morgan fingerprint density at radius 1 is 0.278 bits per heavy atom. The fourth-order valence-electron chi connectivity index (χ4n) is 5.73. The number of hydrogen-bond donors (Lipinski definition) is 0. The van der Waals surface area contributed by atoms with Crippen molar-refractivity contribution < 1.29 is 19.2 Å². The summed E-state index contributed by atoms with van der Waals surface area (Å²) in [4.78, 5) is 46.0. The van der Waals surface area contributed by atoms with Crippen LogP contribution in [0.2, 0.25) is 0 Å². The van der Waals surface area contributed by atoms with E-state index in [2.05, 4.69) is 25.1 Å². The Labute approximate surface area is 441 Å². The average molecular weight is 980 g/mol. The number of ketones is 4. The summed E-state index contributed by atoms with van der Waals surface area (Å²) in [7, 11) is 0. The first kappa shape index (κ1) is 74.4. The highest BCUT2D eigenvalue weighted by atomic mass is 16.1. The van der Waals surface area contributed by atoms with E-state index in [1.165, 1.54) is 16.5 Å². The third kappa shape index (κ3) is 31.0. The van der Waals surface area contributed by atoms with E-state index in [4.69, 9.17) is 0 Å². The summed E-state index contributed by atoms with van der Waals surface area (Å²) < 4.78 is 0. The topological polar surface area (TPSA) is 68.3 Å². The molecule has 7 rings (SSSR count). The predicted molar refractivity (Wildman–Crippen MR) is 323 cm³/mol. The molecule has 0 amide bonds. The van der Waals surface area contributed by atoms with Gasteiger partial charge in [0.25, 0.3) is 0 Å². The van der Waals surface area contributed by atoms with Crippen molar-refractivity contribution in [2.45, 2.75) is 164 Å². The van der Waals surface area contributed by atoms with Gasteiger partial charge in [-0.15, -0.1) is 0 Å². The molecule has 7 aromatic carbocycles. The van der Waals surface area contributed by atoms with Crippen molar-refractivity contribution in [3.8, 4) is 11.1 Å². The van der Waals surface area contributed by atoms with Crippen LogP contribution in [-0.4, -0.2) is 23.1 Å². The molecule has 0 aliphatic heterocycles. The van der Waals surface area contributed by atoms with Gasteiger partial charge < -0.3 is 0 Å². The number of rotatable bonds is 10. The maximum Gasteiger partial charge on any atom is 0.193 e. The monoisotopic (exact) mass is 979 g/mol. The molecule has 0 atom stereocenters. The third-order valence-corrected chi connectivity index (χ3v) is 9.10. The smallest absolute Gasteiger partial charge is 0.193 e. The summed E-state index contributed by atoms with van der Waals surface area (Å²) in [6, 6.07) is 58.4. The van der Waals surface area contributed by atoms with Crippen molar-refractivity contribution in [1.29, 1.82) is 0 Å². The van der Waals surface area contributed by atoms with Gasteiger partial charge in [0.15, 0.2) is 23.1 Å². The van der Waals surface area contributed by atoms with E-state index >= 15 is 0 Å². The van der Waals surface area contributed by atoms with Gasteiger partial charge in [-0.2, -0.15) is 0 Å². The molecule has 0 radical (unpaired) electrons. The quantitative estimate of drug-likeness (QED) is 0.128. The van der Waals surface area contributed by atoms with Crippen LogP contribution in [0.3, 0.4) is 0 Å². The molecule has 0 heterocycles. The van der Waals surface area contributed by atoms with Gasteiger partial charge in [0.05, 0.1) is 0 Å². The highest BCUT2D eigenvalue weighted by molar-refractivity contribution is 6.09. The van der Waals surface area contributed by atoms with Crippen LogP contribution >= 0.6 is 0 Å². The lowest BCUT2D eigenvalue weighted by atomic mass is 10.0. The van der Waals surface area contributed by atoms with E-state index in [0.717, 1.165) is 45.2 Å². The van der Waals surface area contributed by atoms with Gasteiger partial charge in [0.1, 0.15) is 0 Å². The molecule has 0 aromatic heterocycles. The highest BCUT2D eigenvalue weighted by Gasteiger charge is 2.08. The minimum Gasteiger partial charge on any atom is -0.294 e. The second-order valence-electron chi connectivity index (χ2n) is 12.9. The molecule has 7 aromatic rings. The van der Waals surface area contributed by atoms with Crippen LogP contribution in [0, 0.1) is 0 Å². The predicted octanol–water partition coefficient (Wildman–Crippen LogP) is 21.3. The Balaban J connectivity index is -0.000000255. The lowest BCUT2D eigenvalue weighted by Crippen LogP contribution is -2.00. The number of fused-ring (bicyclic) bond motifs is 1. The number of benzene rings is 7. The van der Waals surface area contributed by atoms with E-state index in [-0.39, 0.29) is 23.1 Å². The number of carbonyl (C=O) groups excluding carboxylic acids is 4. The molecule has 0 aliphatic rings. The molecular weight excluding hydrogens is 881 g/mol. The van der Waals surface area contributed by atoms with E-state index in [0.29, 0.717) is 19.3 Å². The summed E-state index contributed by atoms with van der Waals surface area (Å²) >= 11 is 0. The SMILES string of the molecule is CC.CC.CC.CC.CC.CC.CC.CC.CCC(=O)c1ccc(-c2ccccc2)cc1.CCC(=O)c1ccc2ccccc2c1.CCC(=O)c1ccccc1.CCc1ccc(C(=O)c2ccccc2)cc1. The summed E-state index contributed by atoms with van der Waals surface area (Å²) in [5, 5.41) is 2.31. The zero-order chi connectivity index (χ0) is 56.1. The average Bonchev–Trinajstić information content (AvgIpc) is 3.51. The molecule has 4 heteroatoms. The molecule has 4 nitrogen and oxygen atoms in total. The first-order valence-electron chi connectivity index (χ1n) is 27.2. The molecule has 0 bridgehead atoms. The Hall–Kier alpha value is -6.52. The maximum absolute atomic E-state index is 12.0. The van der Waals surface area contributed by atoms with Crippen LogP contribution < -0.4 is 0 Å². The Morgan fingerprint density at radius 3 is 0.972 bits per heavy atom. The van der Waals surface area contributed by atoms with E-state index in [9.17, 15) is 19.2 Å². The fourth-order valence-corrected chi connectivity index (χ4v) is 5.73. The van der Waals surface area contributed by atoms with Gasteiger partial charge >= 0.3 is 0 Å². The second-order valence-corrected chi connectivity index (χ2v) is 12.9. The molecule has 0 N–H and O–H groups in total. The van der Waals surface area contributed by atoms with Crippen molar-refractivity contribution in [3.63, 3.8) is 0 Å². The number of Topliss-reactive ketones (excluding diaryl/α,β-unsaturated/α-hetero) is 3. The van der Waals surface area contributed by atoms with E-state index in [1.807, 2.05) is 295 Å². The summed E-state index contributed by atoms with van der Waals surface area (Å²) in [5.41, 5.74) is 7.49. The van der Waals surface area contributed by atoms with Crippen LogP contribution in [0.15, 0.2) is 182 Å². The molecule has 0 aliphatic carbocycles. The standard InChI is InChI=1S/2C15H14O.C13H12O.C9H10O.8C2H6/c1-2-15(16)14-10-8-13(9-11-14)12-6-4-3-5-7-12;1-2-12-8-10-14(11-9-12)15(16)13-6-4-3-5-7-13;1-2-13(14)12-8-7-10-5-3-4-6-11(10)9-12;1-2-9(10)8-6-4-3-5-7-8;8*1-2/h2*3-11H,2H2,1H3;3-9H,2H2,1H3;3-7H,2H2,1H3;8*1-2H3. The lowest BCUT2D eigenvalue weighted by Gasteiger charge is -2.02. The zero-order valence-electron chi connectivity index (χ0n) is 48.8. The number of aryl methyl sites for hydroxylation is 1. The number of hydrogen-bond acceptors (Lipinski definition) is 4. The molecule has 0 fully saturated rings. The normalized spacial score (nSPS) is 8.44. The van der Waals surface area contributed by atoms with Gasteiger partial charge in [-0.05, 0) is 39.9 Å². The van der Waals surface area contributed by atoms with Gasteiger partial charge in [0, 0.05) is 47.1 Å². The van der Waals surface area contributed by atoms with Crippen molar-refractivity contribution in [1.82, 2.24) is 0 Å². The molecule has 0 spiro atoms. The Bertz CT molecular complexity index is 2280. The largest absolute Gasteiger partial charge is 0.294 e. The minimum atomic E-state index is 0.0863. The molecule has 72 heavy (non-hydrogen) atoms. The van der Waals surface area contributed by atoms with Gasteiger partial charge in [0.2, 0.25) is 0 Å². The summed E-state index contributed by atoms with van der Waals surface area (Å²) in [5.74, 6) is 0.694. The van der Waals surface area contributed by atoms with Crippen molar-refractivity contribution in [2.75, 3.05) is 0 Å². The fraction of sp³-hybridized carbons (Fsp3) is 0.353. The first-order chi connectivity index (χ1) is 35.3. The van der Waals surface area contributed by atoms with Crippen LogP contribution in [0.4, 0.5) is 0 Å². The van der Waals surface area contributed by atoms with Crippen molar-refractivity contribution >= 4 is 33.9 Å². The van der Waals surface area contributed by atoms with E-state index < -0.39 is 0 Å². The Kier molecular flexibility index (Phi) is 55.6. The molecule has 0 saturated carbocycles. The van der Waals surface area contributed by atoms with Gasteiger partial charge in [-0.3, -0.25) is 19.2 Å². The Morgan fingerprint density at radius 2 is 0.569 bits per heavy atom. The van der Waals surface area contributed by atoms with Gasteiger partial charge in [-0.25, -0.2) is 0 Å². The summed E-state index contributed by atoms with van der Waals surface area (Å²) in [6.07, 6.45) is 2.72. The molecule has 394 valence electrons. The second kappa shape index (κ2) is 53.8. The maximum atomic E-state index is 12.0. The van der Waals surface area contributed by atoms with Crippen molar-refractivity contribution in [3.05, 3.63) is 215 Å². The third-order valence-electron chi connectivity index (χ3n) is 9.10. The zero-order valence-corrected chi connectivity index (χ0v) is 48.8. The van der Waals surface area contributed by atoms with Crippen LogP contribution in [-0.2, 0) is 6.42 Å². The van der Waals surface area contributed by atoms with E-state index in [1.54, 1.807) is 0 Å². The molecule has 0 saturated heterocycles. The van der Waals surface area contributed by atoms with Crippen LogP contribution in [0.1, 0.15) is 210 Å². The van der Waals surface area contributed by atoms with Gasteiger partial charge in [-0.1, -0.05) is 314 Å². The number of carbonyl (C=O) groups is 4. The first-order valence-corrected chi connectivity index (χ1v) is 27.2. The summed E-state index contributed by atoms with van der Waals surface area (Å²) in [6.45, 7) is 39.7. The highest BCUT2D eigenvalue weighted by Crippen LogP contribution is 2.20. The van der Waals surface area contributed by atoms with Crippen LogP contribution in [0.5, 0.6) is 0 Å². The molecular formula is C68H98O4. The minimum absolute atomic E-state index is 0.0863. The lowest BCUT2D eigenvalue weighted by molar-refractivity contribution is 0.0980. The van der Waals surface area contributed by atoms with Crippen molar-refractivity contribution in [2.24, 2.45) is 0 Å².